The van der Waals surface area contributed by atoms with Crippen LogP contribution in [0.25, 0.3) is 6.08 Å². The number of halogens is 1. The van der Waals surface area contributed by atoms with Gasteiger partial charge in [0.25, 0.3) is 0 Å². The lowest BCUT2D eigenvalue weighted by Crippen LogP contribution is -2.01. The Morgan fingerprint density at radius 1 is 1.20 bits per heavy atom. The van der Waals surface area contributed by atoms with Crippen LogP contribution in [0, 0.1) is 5.82 Å². The molecule has 0 heterocycles. The Morgan fingerprint density at radius 2 is 1.95 bits per heavy atom. The molecule has 0 fully saturated rings. The standard InChI is InChI=1S/C17H17FO2/c1-13(19)16-12-15(18)9-10-17(16)20-11-5-8-14-6-3-2-4-7-14/h2-10,12-13,19H,11H2,1H3/b8-5+/t13-/m1/s1. The Labute approximate surface area is 118 Å². The molecule has 0 aliphatic heterocycles. The third-order valence-corrected chi connectivity index (χ3v) is 2.87. The van der Waals surface area contributed by atoms with E-state index in [9.17, 15) is 9.50 Å². The van der Waals surface area contributed by atoms with E-state index in [0.717, 1.165) is 5.56 Å². The molecule has 1 atom stereocenters. The van der Waals surface area contributed by atoms with E-state index < -0.39 is 6.10 Å². The van der Waals surface area contributed by atoms with Crippen molar-refractivity contribution < 1.29 is 14.2 Å². The maximum absolute atomic E-state index is 13.1. The fraction of sp³-hybridized carbons (Fsp3) is 0.176. The number of rotatable bonds is 5. The minimum atomic E-state index is -0.765. The highest BCUT2D eigenvalue weighted by Crippen LogP contribution is 2.25. The van der Waals surface area contributed by atoms with Crippen molar-refractivity contribution in [1.29, 1.82) is 0 Å². The van der Waals surface area contributed by atoms with Crippen LogP contribution in [0.1, 0.15) is 24.2 Å². The number of aliphatic hydroxyl groups is 1. The van der Waals surface area contributed by atoms with Crippen molar-refractivity contribution in [3.05, 3.63) is 71.6 Å². The third kappa shape index (κ3) is 3.93. The molecule has 0 spiro atoms. The fourth-order valence-electron chi connectivity index (χ4n) is 1.86. The van der Waals surface area contributed by atoms with Gasteiger partial charge in [-0.15, -0.1) is 0 Å². The molecule has 2 rings (SSSR count). The molecule has 0 radical (unpaired) electrons. The van der Waals surface area contributed by atoms with Gasteiger partial charge in [0, 0.05) is 5.56 Å². The van der Waals surface area contributed by atoms with Gasteiger partial charge in [0.05, 0.1) is 6.10 Å². The number of hydrogen-bond donors (Lipinski definition) is 1. The van der Waals surface area contributed by atoms with Gasteiger partial charge in [-0.3, -0.25) is 0 Å². The zero-order chi connectivity index (χ0) is 14.4. The molecule has 2 nitrogen and oxygen atoms in total. The fourth-order valence-corrected chi connectivity index (χ4v) is 1.86. The molecule has 20 heavy (non-hydrogen) atoms. The molecule has 0 bridgehead atoms. The van der Waals surface area contributed by atoms with Crippen LogP contribution in [0.2, 0.25) is 0 Å². The number of ether oxygens (including phenoxy) is 1. The highest BCUT2D eigenvalue weighted by molar-refractivity contribution is 5.48. The molecule has 3 heteroatoms. The SMILES string of the molecule is C[C@@H](O)c1cc(F)ccc1OC/C=C/c1ccccc1. The van der Waals surface area contributed by atoms with Crippen LogP contribution in [0.5, 0.6) is 5.75 Å². The van der Waals surface area contributed by atoms with Gasteiger partial charge in [-0.1, -0.05) is 36.4 Å². The molecule has 2 aromatic rings. The lowest BCUT2D eigenvalue weighted by Gasteiger charge is -2.12. The predicted octanol–water partition coefficient (Wildman–Crippen LogP) is 3.97. The van der Waals surface area contributed by atoms with E-state index in [4.69, 9.17) is 4.74 Å². The van der Waals surface area contributed by atoms with Crippen molar-refractivity contribution in [2.75, 3.05) is 6.61 Å². The normalized spacial score (nSPS) is 12.6. The van der Waals surface area contributed by atoms with Crippen molar-refractivity contribution in [2.45, 2.75) is 13.0 Å². The third-order valence-electron chi connectivity index (χ3n) is 2.87. The number of benzene rings is 2. The van der Waals surface area contributed by atoms with Crippen molar-refractivity contribution in [3.63, 3.8) is 0 Å². The molecular weight excluding hydrogens is 255 g/mol. The van der Waals surface area contributed by atoms with Gasteiger partial charge in [-0.05, 0) is 36.8 Å². The van der Waals surface area contributed by atoms with Gasteiger partial charge in [-0.25, -0.2) is 4.39 Å². The molecule has 0 saturated heterocycles. The second kappa shape index (κ2) is 6.87. The van der Waals surface area contributed by atoms with Crippen molar-refractivity contribution in [1.82, 2.24) is 0 Å². The summed E-state index contributed by atoms with van der Waals surface area (Å²) in [5, 5.41) is 9.60. The highest BCUT2D eigenvalue weighted by atomic mass is 19.1. The van der Waals surface area contributed by atoms with E-state index in [0.29, 0.717) is 17.9 Å². The van der Waals surface area contributed by atoms with Crippen LogP contribution in [-0.4, -0.2) is 11.7 Å². The van der Waals surface area contributed by atoms with Gasteiger partial charge in [0.1, 0.15) is 18.2 Å². The van der Waals surface area contributed by atoms with Crippen molar-refractivity contribution in [2.24, 2.45) is 0 Å². The second-order valence-electron chi connectivity index (χ2n) is 4.48. The molecule has 0 unspecified atom stereocenters. The first-order valence-corrected chi connectivity index (χ1v) is 6.48. The summed E-state index contributed by atoms with van der Waals surface area (Å²) in [6.07, 6.45) is 3.06. The predicted molar refractivity (Wildman–Crippen MR) is 78.0 cm³/mol. The number of aliphatic hydroxyl groups excluding tert-OH is 1. The molecule has 2 aromatic carbocycles. The Bertz CT molecular complexity index is 577. The van der Waals surface area contributed by atoms with Crippen LogP contribution < -0.4 is 4.74 Å². The summed E-state index contributed by atoms with van der Waals surface area (Å²) in [5.74, 6) is 0.118. The summed E-state index contributed by atoms with van der Waals surface area (Å²) in [6.45, 7) is 1.95. The van der Waals surface area contributed by atoms with E-state index in [-0.39, 0.29) is 5.82 Å². The maximum atomic E-state index is 13.1. The van der Waals surface area contributed by atoms with E-state index >= 15 is 0 Å². The van der Waals surface area contributed by atoms with Crippen LogP contribution >= 0.6 is 0 Å². The van der Waals surface area contributed by atoms with E-state index in [1.165, 1.54) is 18.2 Å². The van der Waals surface area contributed by atoms with Crippen molar-refractivity contribution >= 4 is 6.08 Å². The van der Waals surface area contributed by atoms with Crippen LogP contribution in [0.4, 0.5) is 4.39 Å². The van der Waals surface area contributed by atoms with Gasteiger partial charge in [0.15, 0.2) is 0 Å². The van der Waals surface area contributed by atoms with Gasteiger partial charge >= 0.3 is 0 Å². The topological polar surface area (TPSA) is 29.5 Å². The van der Waals surface area contributed by atoms with Gasteiger partial charge in [-0.2, -0.15) is 0 Å². The summed E-state index contributed by atoms with van der Waals surface area (Å²) < 4.78 is 18.7. The Balaban J connectivity index is 1.99. The molecule has 0 aromatic heterocycles. The second-order valence-corrected chi connectivity index (χ2v) is 4.48. The first-order valence-electron chi connectivity index (χ1n) is 6.48. The Morgan fingerprint density at radius 3 is 2.65 bits per heavy atom. The zero-order valence-corrected chi connectivity index (χ0v) is 11.3. The summed E-state index contributed by atoms with van der Waals surface area (Å²) in [6, 6.07) is 14.0. The Hall–Kier alpha value is -2.13. The lowest BCUT2D eigenvalue weighted by atomic mass is 10.1. The summed E-state index contributed by atoms with van der Waals surface area (Å²) >= 11 is 0. The van der Waals surface area contributed by atoms with Crippen LogP contribution in [-0.2, 0) is 0 Å². The molecule has 0 amide bonds. The molecular formula is C17H17FO2. The number of hydrogen-bond acceptors (Lipinski definition) is 2. The quantitative estimate of drug-likeness (QED) is 0.892. The van der Waals surface area contributed by atoms with E-state index in [1.807, 2.05) is 42.5 Å². The first kappa shape index (κ1) is 14.3. The smallest absolute Gasteiger partial charge is 0.125 e. The molecule has 1 N–H and O–H groups in total. The van der Waals surface area contributed by atoms with Gasteiger partial charge < -0.3 is 9.84 Å². The maximum Gasteiger partial charge on any atom is 0.125 e. The summed E-state index contributed by atoms with van der Waals surface area (Å²) in [7, 11) is 0. The van der Waals surface area contributed by atoms with Crippen LogP contribution in [0.15, 0.2) is 54.6 Å². The summed E-state index contributed by atoms with van der Waals surface area (Å²) in [5.41, 5.74) is 1.55. The molecule has 0 aliphatic rings. The Kier molecular flexibility index (Phi) is 4.91. The molecule has 104 valence electrons. The molecule has 0 aliphatic carbocycles. The monoisotopic (exact) mass is 272 g/mol. The minimum absolute atomic E-state index is 0.361. The average molecular weight is 272 g/mol. The average Bonchev–Trinajstić information content (AvgIpc) is 2.45. The molecule has 0 saturated carbocycles. The largest absolute Gasteiger partial charge is 0.489 e. The van der Waals surface area contributed by atoms with Crippen molar-refractivity contribution in [3.8, 4) is 5.75 Å². The minimum Gasteiger partial charge on any atom is -0.489 e. The summed E-state index contributed by atoms with van der Waals surface area (Å²) in [4.78, 5) is 0. The lowest BCUT2D eigenvalue weighted by molar-refractivity contribution is 0.192. The van der Waals surface area contributed by atoms with E-state index in [1.54, 1.807) is 6.92 Å². The van der Waals surface area contributed by atoms with Gasteiger partial charge in [0.2, 0.25) is 0 Å². The zero-order valence-electron chi connectivity index (χ0n) is 11.3. The highest BCUT2D eigenvalue weighted by Gasteiger charge is 2.09. The van der Waals surface area contributed by atoms with E-state index in [2.05, 4.69) is 0 Å². The van der Waals surface area contributed by atoms with Crippen LogP contribution in [0.3, 0.4) is 0 Å². The first-order chi connectivity index (χ1) is 9.66.